The van der Waals surface area contributed by atoms with Crippen LogP contribution in [0.15, 0.2) is 46.1 Å². The Morgan fingerprint density at radius 3 is 2.54 bits per heavy atom. The van der Waals surface area contributed by atoms with Crippen LogP contribution in [-0.4, -0.2) is 31.8 Å². The van der Waals surface area contributed by atoms with Gasteiger partial charge in [0.05, 0.1) is 29.7 Å². The predicted octanol–water partition coefficient (Wildman–Crippen LogP) is 3.41. The van der Waals surface area contributed by atoms with Gasteiger partial charge < -0.3 is 19.1 Å². The Morgan fingerprint density at radius 1 is 1.04 bits per heavy atom. The van der Waals surface area contributed by atoms with Crippen LogP contribution in [0.5, 0.6) is 5.75 Å². The van der Waals surface area contributed by atoms with Gasteiger partial charge in [-0.15, -0.1) is 0 Å². The lowest BCUT2D eigenvalue weighted by Crippen LogP contribution is -2.36. The van der Waals surface area contributed by atoms with Gasteiger partial charge in [0.2, 0.25) is 0 Å². The molecule has 28 heavy (non-hydrogen) atoms. The number of aromatic nitrogens is 1. The van der Waals surface area contributed by atoms with E-state index in [1.165, 1.54) is 11.9 Å². The maximum atomic E-state index is 12.5. The van der Waals surface area contributed by atoms with Gasteiger partial charge in [0, 0.05) is 55.2 Å². The number of ether oxygens (including phenoxy) is 1. The topological polar surface area (TPSA) is 63.7 Å². The Hall–Kier alpha value is -2.64. The van der Waals surface area contributed by atoms with E-state index < -0.39 is 0 Å². The summed E-state index contributed by atoms with van der Waals surface area (Å²) in [6, 6.07) is 12.2. The van der Waals surface area contributed by atoms with Gasteiger partial charge in [-0.25, -0.2) is 0 Å². The Labute approximate surface area is 168 Å². The first-order chi connectivity index (χ1) is 13.4. The number of methoxy groups -OCH3 is 1. The van der Waals surface area contributed by atoms with E-state index in [2.05, 4.69) is 29.0 Å². The zero-order valence-electron chi connectivity index (χ0n) is 16.5. The fourth-order valence-electron chi connectivity index (χ4n) is 3.87. The highest BCUT2D eigenvalue weighted by Gasteiger charge is 2.24. The normalized spacial score (nSPS) is 13.8. The molecule has 7 heteroatoms. The van der Waals surface area contributed by atoms with Crippen molar-refractivity contribution in [3.63, 3.8) is 0 Å². The highest BCUT2D eigenvalue weighted by Crippen LogP contribution is 2.42. The van der Waals surface area contributed by atoms with Gasteiger partial charge in [-0.2, -0.15) is 0 Å². The number of hydrogen-bond donors (Lipinski definition) is 1. The largest absolute Gasteiger partial charge is 0.497 e. The Bertz CT molecular complexity index is 1130. The molecule has 0 amide bonds. The molecule has 2 aromatic carbocycles. The number of benzene rings is 2. The molecule has 0 atom stereocenters. The highest BCUT2D eigenvalue weighted by molar-refractivity contribution is 7.97. The zero-order valence-corrected chi connectivity index (χ0v) is 17.3. The molecule has 2 heterocycles. The Balaban J connectivity index is 2.00. The second-order valence-corrected chi connectivity index (χ2v) is 7.82. The summed E-state index contributed by atoms with van der Waals surface area (Å²) >= 11 is 1.25. The summed E-state index contributed by atoms with van der Waals surface area (Å²) < 4.78 is 7.25. The molecule has 0 fully saturated rings. The van der Waals surface area contributed by atoms with E-state index in [0.717, 1.165) is 57.3 Å². The van der Waals surface area contributed by atoms with E-state index in [9.17, 15) is 4.79 Å². The molecule has 0 aliphatic carbocycles. The molecule has 2 N–H and O–H groups in total. The number of nitrogens with zero attached hydrogens (tertiary/aromatic N) is 3. The number of nitrogens with two attached hydrogens (primary N) is 1. The summed E-state index contributed by atoms with van der Waals surface area (Å²) in [4.78, 5) is 18.0. The van der Waals surface area contributed by atoms with E-state index in [4.69, 9.17) is 9.88 Å². The van der Waals surface area contributed by atoms with Crippen LogP contribution in [0.25, 0.3) is 10.9 Å². The third-order valence-electron chi connectivity index (χ3n) is 5.44. The average molecular weight is 397 g/mol. The van der Waals surface area contributed by atoms with Crippen LogP contribution in [0.2, 0.25) is 0 Å². The number of aryl methyl sites for hydroxylation is 2. The van der Waals surface area contributed by atoms with Crippen LogP contribution >= 0.6 is 11.9 Å². The molecule has 0 bridgehead atoms. The van der Waals surface area contributed by atoms with Crippen molar-refractivity contribution < 1.29 is 4.74 Å². The maximum absolute atomic E-state index is 12.5. The lowest BCUT2D eigenvalue weighted by molar-refractivity contribution is 0.415. The first-order valence-electron chi connectivity index (χ1n) is 9.12. The van der Waals surface area contributed by atoms with Gasteiger partial charge in [-0.3, -0.25) is 9.93 Å². The molecule has 3 aromatic rings. The minimum absolute atomic E-state index is 0.00935. The van der Waals surface area contributed by atoms with Gasteiger partial charge in [0.25, 0.3) is 5.56 Å². The second kappa shape index (κ2) is 7.07. The molecule has 6 nitrogen and oxygen atoms in total. The average Bonchev–Trinajstić information content (AvgIpc) is 2.72. The Kier molecular flexibility index (Phi) is 4.72. The SMILES string of the molecule is COc1cc(N2CCN(C)c3cc(SN)ccc32)c2cc(C)c(=O)n(C)c2c1. The van der Waals surface area contributed by atoms with E-state index >= 15 is 0 Å². The lowest BCUT2D eigenvalue weighted by Gasteiger charge is -2.38. The second-order valence-electron chi connectivity index (χ2n) is 7.11. The Morgan fingerprint density at radius 2 is 1.82 bits per heavy atom. The minimum atomic E-state index is 0.00935. The quantitative estimate of drug-likeness (QED) is 0.685. The predicted molar refractivity (Wildman–Crippen MR) is 117 cm³/mol. The molecule has 1 aliphatic rings. The molecular weight excluding hydrogens is 372 g/mol. The molecule has 1 aromatic heterocycles. The van der Waals surface area contributed by atoms with Crippen molar-refractivity contribution >= 4 is 39.9 Å². The molecule has 1 aliphatic heterocycles. The van der Waals surface area contributed by atoms with Crippen molar-refractivity contribution in [1.82, 2.24) is 4.57 Å². The van der Waals surface area contributed by atoms with Gasteiger partial charge in [0.15, 0.2) is 0 Å². The number of rotatable bonds is 3. The van der Waals surface area contributed by atoms with E-state index in [-0.39, 0.29) is 5.56 Å². The van der Waals surface area contributed by atoms with E-state index in [1.807, 2.05) is 38.2 Å². The molecule has 4 rings (SSSR count). The summed E-state index contributed by atoms with van der Waals surface area (Å²) in [5.74, 6) is 0.732. The van der Waals surface area contributed by atoms with Crippen LogP contribution < -0.4 is 25.2 Å². The summed E-state index contributed by atoms with van der Waals surface area (Å²) in [6.45, 7) is 3.58. The third kappa shape index (κ3) is 2.91. The van der Waals surface area contributed by atoms with Crippen LogP contribution in [-0.2, 0) is 7.05 Å². The maximum Gasteiger partial charge on any atom is 0.253 e. The monoisotopic (exact) mass is 396 g/mol. The van der Waals surface area contributed by atoms with E-state index in [0.29, 0.717) is 0 Å². The highest BCUT2D eigenvalue weighted by atomic mass is 32.2. The van der Waals surface area contributed by atoms with Crippen molar-refractivity contribution in [2.45, 2.75) is 11.8 Å². The smallest absolute Gasteiger partial charge is 0.253 e. The van der Waals surface area contributed by atoms with Gasteiger partial charge >= 0.3 is 0 Å². The van der Waals surface area contributed by atoms with Crippen LogP contribution in [0, 0.1) is 6.92 Å². The number of hydrogen-bond acceptors (Lipinski definition) is 6. The molecule has 0 unspecified atom stereocenters. The number of fused-ring (bicyclic) bond motifs is 2. The van der Waals surface area contributed by atoms with Crippen molar-refractivity contribution in [3.05, 3.63) is 52.3 Å². The molecule has 0 saturated carbocycles. The van der Waals surface area contributed by atoms with Crippen molar-refractivity contribution in [3.8, 4) is 5.75 Å². The summed E-state index contributed by atoms with van der Waals surface area (Å²) in [6.07, 6.45) is 0. The van der Waals surface area contributed by atoms with Crippen LogP contribution in [0.4, 0.5) is 17.1 Å². The first-order valence-corrected chi connectivity index (χ1v) is 10.0. The fourth-order valence-corrected chi connectivity index (χ4v) is 4.19. The van der Waals surface area contributed by atoms with Crippen LogP contribution in [0.3, 0.4) is 0 Å². The summed E-state index contributed by atoms with van der Waals surface area (Å²) in [7, 11) is 5.56. The molecule has 146 valence electrons. The van der Waals surface area contributed by atoms with Crippen molar-refractivity contribution in [2.24, 2.45) is 12.2 Å². The van der Waals surface area contributed by atoms with Crippen molar-refractivity contribution in [1.29, 1.82) is 0 Å². The first kappa shape index (κ1) is 18.7. The third-order valence-corrected chi connectivity index (χ3v) is 5.97. The number of anilines is 3. The number of pyridine rings is 1. The minimum Gasteiger partial charge on any atom is -0.497 e. The lowest BCUT2D eigenvalue weighted by atomic mass is 10.1. The number of likely N-dealkylation sites (N-methyl/N-ethyl adjacent to an activating group) is 1. The zero-order chi connectivity index (χ0) is 20.0. The molecule has 0 saturated heterocycles. The van der Waals surface area contributed by atoms with E-state index in [1.54, 1.807) is 11.7 Å². The summed E-state index contributed by atoms with van der Waals surface area (Å²) in [5, 5.41) is 6.80. The molecule has 0 radical (unpaired) electrons. The van der Waals surface area contributed by atoms with Crippen LogP contribution in [0.1, 0.15) is 5.56 Å². The molecular formula is C21H24N4O2S. The summed E-state index contributed by atoms with van der Waals surface area (Å²) in [5.41, 5.74) is 4.89. The van der Waals surface area contributed by atoms with Gasteiger partial charge in [-0.1, -0.05) is 0 Å². The fraction of sp³-hybridized carbons (Fsp3) is 0.286. The van der Waals surface area contributed by atoms with Gasteiger partial charge in [-0.05, 0) is 43.1 Å². The molecule has 0 spiro atoms. The van der Waals surface area contributed by atoms with Crippen molar-refractivity contribution in [2.75, 3.05) is 37.0 Å². The standard InChI is InChI=1S/C21H24N4O2S/c1-13-9-16-18(24(3)21(13)26)10-14(27-4)11-19(16)25-8-7-23(2)20-12-15(28-22)5-6-17(20)25/h5-6,9-12H,7-8,22H2,1-4H3. The van der Waals surface area contributed by atoms with Gasteiger partial charge in [0.1, 0.15) is 5.75 Å².